The van der Waals surface area contributed by atoms with Gasteiger partial charge in [0.15, 0.2) is 0 Å². The van der Waals surface area contributed by atoms with E-state index in [0.29, 0.717) is 26.4 Å². The number of hydrogen-bond donors (Lipinski definition) is 4. The zero-order chi connectivity index (χ0) is 22.1. The number of para-hydroxylation sites is 1. The Kier molecular flexibility index (Phi) is 5.86. The first-order valence-electron chi connectivity index (χ1n) is 9.03. The number of carbonyl (C=O) groups is 2. The average Bonchev–Trinajstić information content (AvgIpc) is 2.68. The van der Waals surface area contributed by atoms with Gasteiger partial charge in [0, 0.05) is 22.2 Å². The lowest BCUT2D eigenvalue weighted by Gasteiger charge is -2.24. The number of nitrogens with one attached hydrogen (secondary N) is 4. The van der Waals surface area contributed by atoms with Crippen molar-refractivity contribution in [2.24, 2.45) is 0 Å². The second kappa shape index (κ2) is 8.58. The summed E-state index contributed by atoms with van der Waals surface area (Å²) in [5.41, 5.74) is 0.344. The van der Waals surface area contributed by atoms with Crippen LogP contribution in [0.3, 0.4) is 0 Å². The van der Waals surface area contributed by atoms with E-state index in [1.54, 1.807) is 42.5 Å². The molecule has 31 heavy (non-hydrogen) atoms. The number of anilines is 4. The minimum Gasteiger partial charge on any atom is -0.326 e. The van der Waals surface area contributed by atoms with Gasteiger partial charge >= 0.3 is 0 Å². The van der Waals surface area contributed by atoms with Gasteiger partial charge in [-0.25, -0.2) is 0 Å². The van der Waals surface area contributed by atoms with Crippen LogP contribution in [0.4, 0.5) is 23.1 Å². The second-order valence-corrected chi connectivity index (χ2v) is 8.01. The highest BCUT2D eigenvalue weighted by Crippen LogP contribution is 2.31. The predicted octanol–water partition coefficient (Wildman–Crippen LogP) is 4.54. The number of rotatable bonds is 4. The van der Waals surface area contributed by atoms with Gasteiger partial charge in [0.25, 0.3) is 5.56 Å². The molecular formula is C20H14Cl3N5O3. The van der Waals surface area contributed by atoms with Crippen LogP contribution in [-0.4, -0.2) is 21.8 Å². The number of halogens is 3. The summed E-state index contributed by atoms with van der Waals surface area (Å²) < 4.78 is 0. The molecule has 0 radical (unpaired) electrons. The fourth-order valence-corrected chi connectivity index (χ4v) is 3.91. The van der Waals surface area contributed by atoms with Crippen molar-refractivity contribution in [1.29, 1.82) is 0 Å². The molecule has 1 atom stereocenters. The monoisotopic (exact) mass is 477 g/mol. The van der Waals surface area contributed by atoms with Crippen LogP contribution in [0.15, 0.2) is 47.3 Å². The quantitative estimate of drug-likeness (QED) is 0.439. The molecule has 2 amide bonds. The molecule has 11 heteroatoms. The van der Waals surface area contributed by atoms with Crippen LogP contribution in [0.2, 0.25) is 15.1 Å². The summed E-state index contributed by atoms with van der Waals surface area (Å²) in [6.07, 6.45) is -0.204. The maximum atomic E-state index is 12.9. The molecule has 1 aliphatic heterocycles. The molecule has 1 aliphatic rings. The van der Waals surface area contributed by atoms with Gasteiger partial charge in [0.1, 0.15) is 5.82 Å². The molecule has 158 valence electrons. The normalized spacial score (nSPS) is 15.1. The summed E-state index contributed by atoms with van der Waals surface area (Å²) in [5.74, 6) is -1.98. The minimum absolute atomic E-state index is 0.00469. The molecule has 0 saturated heterocycles. The molecule has 0 bridgehead atoms. The number of H-pyrrole nitrogens is 1. The van der Waals surface area contributed by atoms with Crippen LogP contribution in [-0.2, 0) is 9.59 Å². The third-order valence-electron chi connectivity index (χ3n) is 4.52. The third-order valence-corrected chi connectivity index (χ3v) is 5.29. The largest absolute Gasteiger partial charge is 0.326 e. The van der Waals surface area contributed by atoms with E-state index in [9.17, 15) is 14.4 Å². The number of fused-ring (bicyclic) bond motifs is 1. The van der Waals surface area contributed by atoms with Crippen LogP contribution >= 0.6 is 34.8 Å². The molecule has 8 nitrogen and oxygen atoms in total. The molecule has 4 rings (SSSR count). The van der Waals surface area contributed by atoms with Crippen LogP contribution in [0.1, 0.15) is 17.9 Å². The van der Waals surface area contributed by atoms with Gasteiger partial charge in [0.2, 0.25) is 17.8 Å². The van der Waals surface area contributed by atoms with E-state index < -0.39 is 23.3 Å². The molecule has 0 saturated carbocycles. The maximum absolute atomic E-state index is 12.9. The predicted molar refractivity (Wildman–Crippen MR) is 121 cm³/mol. The van der Waals surface area contributed by atoms with Gasteiger partial charge in [0.05, 0.1) is 22.2 Å². The minimum atomic E-state index is -1.04. The lowest BCUT2D eigenvalue weighted by Crippen LogP contribution is -2.36. The van der Waals surface area contributed by atoms with Crippen molar-refractivity contribution in [3.63, 3.8) is 0 Å². The van der Waals surface area contributed by atoms with Gasteiger partial charge < -0.3 is 16.0 Å². The molecule has 4 N–H and O–H groups in total. The first kappa shape index (κ1) is 21.2. The Morgan fingerprint density at radius 3 is 2.48 bits per heavy atom. The summed E-state index contributed by atoms with van der Waals surface area (Å²) in [6, 6.07) is 11.4. The van der Waals surface area contributed by atoms with Gasteiger partial charge in [-0.1, -0.05) is 46.9 Å². The second-order valence-electron chi connectivity index (χ2n) is 6.73. The number of amides is 2. The highest BCUT2D eigenvalue weighted by Gasteiger charge is 2.35. The highest BCUT2D eigenvalue weighted by atomic mass is 35.5. The lowest BCUT2D eigenvalue weighted by molar-refractivity contribution is -0.123. The average molecular weight is 479 g/mol. The van der Waals surface area contributed by atoms with Crippen molar-refractivity contribution < 1.29 is 9.59 Å². The highest BCUT2D eigenvalue weighted by molar-refractivity contribution is 6.35. The topological polar surface area (TPSA) is 116 Å². The Balaban J connectivity index is 1.66. The third kappa shape index (κ3) is 4.66. The van der Waals surface area contributed by atoms with E-state index in [0.717, 1.165) is 0 Å². The zero-order valence-electron chi connectivity index (χ0n) is 15.6. The number of aromatic nitrogens is 2. The molecule has 1 unspecified atom stereocenters. The Bertz CT molecular complexity index is 1240. The maximum Gasteiger partial charge on any atom is 0.258 e. The van der Waals surface area contributed by atoms with E-state index in [4.69, 9.17) is 34.8 Å². The number of carbonyl (C=O) groups excluding carboxylic acids is 2. The number of hydrogen-bond acceptors (Lipinski definition) is 5. The summed E-state index contributed by atoms with van der Waals surface area (Å²) in [6.45, 7) is 0. The van der Waals surface area contributed by atoms with Gasteiger partial charge in [-0.05, 0) is 30.3 Å². The van der Waals surface area contributed by atoms with Crippen molar-refractivity contribution >= 4 is 69.8 Å². The molecule has 3 aromatic rings. The number of benzene rings is 2. The van der Waals surface area contributed by atoms with E-state index in [-0.39, 0.29) is 23.8 Å². The van der Waals surface area contributed by atoms with Crippen molar-refractivity contribution in [2.45, 2.75) is 12.3 Å². The fourth-order valence-electron chi connectivity index (χ4n) is 3.20. The van der Waals surface area contributed by atoms with Crippen molar-refractivity contribution in [3.8, 4) is 0 Å². The number of nitrogens with zero attached hydrogens (tertiary/aromatic N) is 1. The van der Waals surface area contributed by atoms with Crippen LogP contribution in [0.5, 0.6) is 0 Å². The molecule has 0 fully saturated rings. The standard InChI is InChI=1S/C20H14Cl3N5O3/c21-9-5-10(22)7-11(6-9)24-20-27-17-16(19(31)28-20)12(8-15(29)26-17)18(30)25-14-4-2-1-3-13(14)23/h1-7,12H,8H2,(H,25,30)(H3,24,26,27,28,29,31). The Labute approximate surface area is 190 Å². The lowest BCUT2D eigenvalue weighted by atomic mass is 9.92. The van der Waals surface area contributed by atoms with Crippen molar-refractivity contribution in [1.82, 2.24) is 9.97 Å². The van der Waals surface area contributed by atoms with Crippen molar-refractivity contribution in [2.75, 3.05) is 16.0 Å². The van der Waals surface area contributed by atoms with Crippen LogP contribution in [0.25, 0.3) is 0 Å². The van der Waals surface area contributed by atoms with Crippen LogP contribution < -0.4 is 21.5 Å². The van der Waals surface area contributed by atoms with E-state index in [1.165, 1.54) is 0 Å². The molecule has 1 aromatic heterocycles. The molecule has 0 aliphatic carbocycles. The number of aromatic amines is 1. The van der Waals surface area contributed by atoms with Crippen LogP contribution in [0, 0.1) is 0 Å². The molecular weight excluding hydrogens is 465 g/mol. The summed E-state index contributed by atoms with van der Waals surface area (Å²) in [4.78, 5) is 44.7. The Morgan fingerprint density at radius 2 is 1.77 bits per heavy atom. The Hall–Kier alpha value is -3.07. The smallest absolute Gasteiger partial charge is 0.258 e. The van der Waals surface area contributed by atoms with Crippen molar-refractivity contribution in [3.05, 3.63) is 73.4 Å². The first-order chi connectivity index (χ1) is 14.8. The summed E-state index contributed by atoms with van der Waals surface area (Å²) >= 11 is 18.1. The molecule has 2 aromatic carbocycles. The fraction of sp³-hybridized carbons (Fsp3) is 0.100. The van der Waals surface area contributed by atoms with Gasteiger partial charge in [-0.2, -0.15) is 4.98 Å². The zero-order valence-corrected chi connectivity index (χ0v) is 17.9. The summed E-state index contributed by atoms with van der Waals surface area (Å²) in [5, 5.41) is 9.19. The summed E-state index contributed by atoms with van der Waals surface area (Å²) in [7, 11) is 0. The van der Waals surface area contributed by atoms with Gasteiger partial charge in [-0.3, -0.25) is 19.4 Å². The molecule has 0 spiro atoms. The molecule has 2 heterocycles. The SMILES string of the molecule is O=C1CC(C(=O)Nc2ccccc2Cl)c2c(nc(Nc3cc(Cl)cc(Cl)c3)[nH]c2=O)N1. The van der Waals surface area contributed by atoms with E-state index in [2.05, 4.69) is 25.9 Å². The first-order valence-corrected chi connectivity index (χ1v) is 10.2. The van der Waals surface area contributed by atoms with E-state index in [1.807, 2.05) is 0 Å². The van der Waals surface area contributed by atoms with E-state index >= 15 is 0 Å². The Morgan fingerprint density at radius 1 is 1.06 bits per heavy atom. The van der Waals surface area contributed by atoms with Gasteiger partial charge in [-0.15, -0.1) is 0 Å².